The fourth-order valence-corrected chi connectivity index (χ4v) is 3.11. The number of hydrogen-bond donors (Lipinski definition) is 2. The standard InChI is InChI=1S/C16H26N2O/c1-13-7-8-16(14(11-13)12-17-2)18-9-3-5-15(18)6-4-10-19/h7-8,11,15,17,19H,3-6,9-10,12H2,1-2H3. The quantitative estimate of drug-likeness (QED) is 0.826. The summed E-state index contributed by atoms with van der Waals surface area (Å²) < 4.78 is 0. The molecule has 0 saturated carbocycles. The molecule has 1 saturated heterocycles. The minimum absolute atomic E-state index is 0.307. The summed E-state index contributed by atoms with van der Waals surface area (Å²) >= 11 is 0. The lowest BCUT2D eigenvalue weighted by Crippen LogP contribution is -2.30. The number of aryl methyl sites for hydroxylation is 1. The second kappa shape index (κ2) is 6.92. The fourth-order valence-electron chi connectivity index (χ4n) is 3.11. The van der Waals surface area contributed by atoms with E-state index in [4.69, 9.17) is 5.11 Å². The molecule has 0 aromatic heterocycles. The van der Waals surface area contributed by atoms with Crippen LogP contribution in [0.4, 0.5) is 5.69 Å². The Morgan fingerprint density at radius 2 is 2.26 bits per heavy atom. The van der Waals surface area contributed by atoms with E-state index in [2.05, 4.69) is 35.3 Å². The number of aliphatic hydroxyl groups is 1. The average molecular weight is 262 g/mol. The maximum atomic E-state index is 9.03. The molecule has 0 spiro atoms. The van der Waals surface area contributed by atoms with Crippen molar-refractivity contribution in [3.63, 3.8) is 0 Å². The number of nitrogens with zero attached hydrogens (tertiary/aromatic N) is 1. The molecule has 1 atom stereocenters. The molecule has 0 aliphatic carbocycles. The highest BCUT2D eigenvalue weighted by atomic mass is 16.2. The molecule has 19 heavy (non-hydrogen) atoms. The molecule has 2 N–H and O–H groups in total. The molecule has 0 radical (unpaired) electrons. The van der Waals surface area contributed by atoms with Crippen molar-refractivity contribution in [3.8, 4) is 0 Å². The Bertz CT molecular complexity index is 406. The Balaban J connectivity index is 2.19. The van der Waals surface area contributed by atoms with Gasteiger partial charge in [-0.25, -0.2) is 0 Å². The number of benzene rings is 1. The topological polar surface area (TPSA) is 35.5 Å². The first-order chi connectivity index (χ1) is 9.26. The first-order valence-corrected chi connectivity index (χ1v) is 7.38. The van der Waals surface area contributed by atoms with E-state index in [1.165, 1.54) is 29.7 Å². The van der Waals surface area contributed by atoms with Crippen LogP contribution >= 0.6 is 0 Å². The molecule has 1 unspecified atom stereocenters. The van der Waals surface area contributed by atoms with Gasteiger partial charge >= 0.3 is 0 Å². The molecular weight excluding hydrogens is 236 g/mol. The third-order valence-corrected chi connectivity index (χ3v) is 3.98. The van der Waals surface area contributed by atoms with Gasteiger partial charge in [0.1, 0.15) is 0 Å². The van der Waals surface area contributed by atoms with E-state index < -0.39 is 0 Å². The zero-order valence-corrected chi connectivity index (χ0v) is 12.2. The van der Waals surface area contributed by atoms with E-state index in [9.17, 15) is 0 Å². The van der Waals surface area contributed by atoms with Crippen LogP contribution in [0, 0.1) is 6.92 Å². The number of rotatable bonds is 6. The van der Waals surface area contributed by atoms with Crippen molar-refractivity contribution in [2.75, 3.05) is 25.1 Å². The van der Waals surface area contributed by atoms with Crippen LogP contribution in [0.1, 0.15) is 36.8 Å². The van der Waals surface area contributed by atoms with E-state index in [0.29, 0.717) is 12.6 Å². The summed E-state index contributed by atoms with van der Waals surface area (Å²) in [5, 5.41) is 12.3. The van der Waals surface area contributed by atoms with Crippen molar-refractivity contribution in [3.05, 3.63) is 29.3 Å². The lowest BCUT2D eigenvalue weighted by molar-refractivity contribution is 0.279. The smallest absolute Gasteiger partial charge is 0.0431 e. The molecule has 1 aromatic rings. The van der Waals surface area contributed by atoms with Crippen LogP contribution in [0.3, 0.4) is 0 Å². The molecule has 1 fully saturated rings. The van der Waals surface area contributed by atoms with Gasteiger partial charge in [-0.1, -0.05) is 17.7 Å². The lowest BCUT2D eigenvalue weighted by atomic mass is 10.1. The summed E-state index contributed by atoms with van der Waals surface area (Å²) in [6, 6.07) is 7.35. The van der Waals surface area contributed by atoms with Crippen LogP contribution in [-0.4, -0.2) is 31.3 Å². The average Bonchev–Trinajstić information content (AvgIpc) is 2.85. The van der Waals surface area contributed by atoms with Gasteiger partial charge in [-0.05, 0) is 51.3 Å². The van der Waals surface area contributed by atoms with Crippen LogP contribution < -0.4 is 10.2 Å². The normalized spacial score (nSPS) is 19.1. The van der Waals surface area contributed by atoms with Gasteiger partial charge < -0.3 is 15.3 Å². The van der Waals surface area contributed by atoms with E-state index in [-0.39, 0.29) is 0 Å². The number of hydrogen-bond acceptors (Lipinski definition) is 3. The molecule has 3 nitrogen and oxygen atoms in total. The molecule has 106 valence electrons. The zero-order valence-electron chi connectivity index (χ0n) is 12.2. The molecule has 3 heteroatoms. The third-order valence-electron chi connectivity index (χ3n) is 3.98. The molecule has 1 aliphatic heterocycles. The Morgan fingerprint density at radius 1 is 1.42 bits per heavy atom. The van der Waals surface area contributed by atoms with Crippen LogP contribution in [0.5, 0.6) is 0 Å². The number of anilines is 1. The minimum Gasteiger partial charge on any atom is -0.396 e. The Morgan fingerprint density at radius 3 is 3.00 bits per heavy atom. The largest absolute Gasteiger partial charge is 0.396 e. The highest BCUT2D eigenvalue weighted by Crippen LogP contribution is 2.31. The number of nitrogens with one attached hydrogen (secondary N) is 1. The first-order valence-electron chi connectivity index (χ1n) is 7.38. The van der Waals surface area contributed by atoms with Gasteiger partial charge in [0.2, 0.25) is 0 Å². The molecule has 0 bridgehead atoms. The Labute approximate surface area is 116 Å². The molecule has 2 rings (SSSR count). The highest BCUT2D eigenvalue weighted by Gasteiger charge is 2.25. The summed E-state index contributed by atoms with van der Waals surface area (Å²) in [4.78, 5) is 2.54. The lowest BCUT2D eigenvalue weighted by Gasteiger charge is -2.29. The maximum Gasteiger partial charge on any atom is 0.0431 e. The van der Waals surface area contributed by atoms with Gasteiger partial charge in [-0.2, -0.15) is 0 Å². The van der Waals surface area contributed by atoms with Crippen molar-refractivity contribution in [2.24, 2.45) is 0 Å². The van der Waals surface area contributed by atoms with Crippen LogP contribution in [-0.2, 0) is 6.54 Å². The first kappa shape index (κ1) is 14.4. The highest BCUT2D eigenvalue weighted by molar-refractivity contribution is 5.56. The fraction of sp³-hybridized carbons (Fsp3) is 0.625. The van der Waals surface area contributed by atoms with Crippen molar-refractivity contribution in [1.82, 2.24) is 5.32 Å². The Kier molecular flexibility index (Phi) is 5.23. The predicted octanol–water partition coefficient (Wildman–Crippen LogP) is 2.46. The monoisotopic (exact) mass is 262 g/mol. The van der Waals surface area contributed by atoms with E-state index in [1.54, 1.807) is 0 Å². The Hall–Kier alpha value is -1.06. The van der Waals surface area contributed by atoms with Gasteiger partial charge in [-0.3, -0.25) is 0 Å². The minimum atomic E-state index is 0.307. The van der Waals surface area contributed by atoms with Gasteiger partial charge in [0.05, 0.1) is 0 Å². The molecule has 0 amide bonds. The molecule has 1 aromatic carbocycles. The second-order valence-corrected chi connectivity index (χ2v) is 5.52. The van der Waals surface area contributed by atoms with Crippen molar-refractivity contribution >= 4 is 5.69 Å². The van der Waals surface area contributed by atoms with Gasteiger partial charge in [0.25, 0.3) is 0 Å². The maximum absolute atomic E-state index is 9.03. The molecule has 1 heterocycles. The van der Waals surface area contributed by atoms with Crippen LogP contribution in [0.15, 0.2) is 18.2 Å². The SMILES string of the molecule is CNCc1cc(C)ccc1N1CCCC1CCCO. The summed E-state index contributed by atoms with van der Waals surface area (Å²) in [5.74, 6) is 0. The summed E-state index contributed by atoms with van der Waals surface area (Å²) in [6.45, 7) is 4.52. The van der Waals surface area contributed by atoms with Crippen molar-refractivity contribution in [2.45, 2.75) is 45.2 Å². The zero-order chi connectivity index (χ0) is 13.7. The van der Waals surface area contributed by atoms with Gasteiger partial charge in [0, 0.05) is 31.4 Å². The summed E-state index contributed by atoms with van der Waals surface area (Å²) in [5.41, 5.74) is 4.08. The van der Waals surface area contributed by atoms with Crippen LogP contribution in [0.25, 0.3) is 0 Å². The van der Waals surface area contributed by atoms with Crippen LogP contribution in [0.2, 0.25) is 0 Å². The van der Waals surface area contributed by atoms with E-state index in [1.807, 2.05) is 7.05 Å². The van der Waals surface area contributed by atoms with Crippen molar-refractivity contribution < 1.29 is 5.11 Å². The molecular formula is C16H26N2O. The van der Waals surface area contributed by atoms with E-state index in [0.717, 1.165) is 25.9 Å². The van der Waals surface area contributed by atoms with Gasteiger partial charge in [-0.15, -0.1) is 0 Å². The molecule has 1 aliphatic rings. The summed E-state index contributed by atoms with van der Waals surface area (Å²) in [6.07, 6.45) is 4.54. The van der Waals surface area contributed by atoms with Gasteiger partial charge in [0.15, 0.2) is 0 Å². The van der Waals surface area contributed by atoms with Crippen molar-refractivity contribution in [1.29, 1.82) is 0 Å². The second-order valence-electron chi connectivity index (χ2n) is 5.52. The van der Waals surface area contributed by atoms with E-state index >= 15 is 0 Å². The predicted molar refractivity (Wildman–Crippen MR) is 80.6 cm³/mol. The number of aliphatic hydroxyl groups excluding tert-OH is 1. The summed E-state index contributed by atoms with van der Waals surface area (Å²) in [7, 11) is 2.00. The third kappa shape index (κ3) is 3.48.